The van der Waals surface area contributed by atoms with Gasteiger partial charge in [-0.1, -0.05) is 47.3 Å². The van der Waals surface area contributed by atoms with Gasteiger partial charge in [0.15, 0.2) is 0 Å². The van der Waals surface area contributed by atoms with Gasteiger partial charge < -0.3 is 9.47 Å². The minimum absolute atomic E-state index is 0.111. The zero-order valence-corrected chi connectivity index (χ0v) is 14.7. The Morgan fingerprint density at radius 1 is 1.04 bits per heavy atom. The fourth-order valence-corrected chi connectivity index (χ4v) is 2.67. The van der Waals surface area contributed by atoms with Crippen LogP contribution in [0.1, 0.15) is 46.5 Å². The molecule has 4 nitrogen and oxygen atoms in total. The lowest BCUT2D eigenvalue weighted by atomic mass is 9.64. The van der Waals surface area contributed by atoms with Crippen LogP contribution in [0.5, 0.6) is 0 Å². The van der Waals surface area contributed by atoms with E-state index in [1.54, 1.807) is 0 Å². The van der Waals surface area contributed by atoms with Crippen LogP contribution >= 0.6 is 0 Å². The lowest BCUT2D eigenvalue weighted by molar-refractivity contribution is -0.140. The Labute approximate surface area is 140 Å². The second-order valence-electron chi connectivity index (χ2n) is 6.04. The standard InChI is InChI=1S/C19H30O4/c1-7-10-16(11-13-22-17(20)8-2)19(6,15(4)5)12-14-23-18(21)9-3/h8-9,16H,1-3,7,10-14H2,4-6H3. The maximum atomic E-state index is 11.2. The summed E-state index contributed by atoms with van der Waals surface area (Å²) in [4.78, 5) is 22.4. The van der Waals surface area contributed by atoms with Gasteiger partial charge >= 0.3 is 11.9 Å². The first kappa shape index (κ1) is 21.4. The van der Waals surface area contributed by atoms with E-state index in [0.717, 1.165) is 25.7 Å². The molecule has 0 spiro atoms. The summed E-state index contributed by atoms with van der Waals surface area (Å²) in [5, 5.41) is 0. The van der Waals surface area contributed by atoms with E-state index < -0.39 is 11.9 Å². The third kappa shape index (κ3) is 7.49. The molecule has 23 heavy (non-hydrogen) atoms. The number of hydrogen-bond donors (Lipinski definition) is 0. The summed E-state index contributed by atoms with van der Waals surface area (Å²) < 4.78 is 10.3. The summed E-state index contributed by atoms with van der Waals surface area (Å²) in [6.07, 6.45) is 5.52. The highest BCUT2D eigenvalue weighted by Gasteiger charge is 2.36. The molecule has 0 aromatic heterocycles. The maximum absolute atomic E-state index is 11.2. The molecule has 0 aromatic carbocycles. The van der Waals surface area contributed by atoms with Gasteiger partial charge in [-0.25, -0.2) is 9.59 Å². The van der Waals surface area contributed by atoms with Gasteiger partial charge in [0, 0.05) is 12.2 Å². The van der Waals surface area contributed by atoms with Gasteiger partial charge in [-0.3, -0.25) is 0 Å². The molecule has 0 rings (SSSR count). The van der Waals surface area contributed by atoms with Gasteiger partial charge in [-0.15, -0.1) is 0 Å². The summed E-state index contributed by atoms with van der Waals surface area (Å²) in [6.45, 7) is 17.8. The Balaban J connectivity index is 4.83. The van der Waals surface area contributed by atoms with E-state index >= 15 is 0 Å². The summed E-state index contributed by atoms with van der Waals surface area (Å²) in [5.74, 6) is 0.748. The van der Waals surface area contributed by atoms with E-state index in [2.05, 4.69) is 40.9 Å². The van der Waals surface area contributed by atoms with Crippen LogP contribution in [0.4, 0.5) is 0 Å². The minimum Gasteiger partial charge on any atom is -0.463 e. The minimum atomic E-state index is -0.408. The van der Waals surface area contributed by atoms with E-state index in [-0.39, 0.29) is 5.41 Å². The number of esters is 2. The van der Waals surface area contributed by atoms with Crippen molar-refractivity contribution in [2.24, 2.45) is 11.3 Å². The predicted octanol–water partition coefficient (Wildman–Crippen LogP) is 4.08. The molecule has 0 aliphatic carbocycles. The Hall–Kier alpha value is -1.58. The quantitative estimate of drug-likeness (QED) is 0.401. The van der Waals surface area contributed by atoms with Crippen molar-refractivity contribution < 1.29 is 19.1 Å². The highest BCUT2D eigenvalue weighted by Crippen LogP contribution is 2.44. The van der Waals surface area contributed by atoms with Crippen LogP contribution < -0.4 is 0 Å². The molecule has 0 fully saturated rings. The highest BCUT2D eigenvalue weighted by atomic mass is 16.5. The van der Waals surface area contributed by atoms with Crippen LogP contribution in [0.25, 0.3) is 0 Å². The zero-order valence-electron chi connectivity index (χ0n) is 14.7. The van der Waals surface area contributed by atoms with Crippen LogP contribution in [0.2, 0.25) is 0 Å². The maximum Gasteiger partial charge on any atom is 0.330 e. The number of hydrogen-bond acceptors (Lipinski definition) is 4. The Morgan fingerprint density at radius 2 is 1.57 bits per heavy atom. The van der Waals surface area contributed by atoms with Crippen LogP contribution in [-0.2, 0) is 19.1 Å². The third-order valence-electron chi connectivity index (χ3n) is 4.51. The average Bonchev–Trinajstić information content (AvgIpc) is 2.53. The van der Waals surface area contributed by atoms with Crippen molar-refractivity contribution in [3.8, 4) is 0 Å². The lowest BCUT2D eigenvalue weighted by Gasteiger charge is -2.41. The first-order valence-electron chi connectivity index (χ1n) is 8.00. The van der Waals surface area contributed by atoms with Gasteiger partial charge in [0.2, 0.25) is 0 Å². The van der Waals surface area contributed by atoms with Crippen LogP contribution in [0.3, 0.4) is 0 Å². The van der Waals surface area contributed by atoms with Gasteiger partial charge in [-0.05, 0) is 36.5 Å². The van der Waals surface area contributed by atoms with Crippen molar-refractivity contribution >= 4 is 11.9 Å². The number of ether oxygens (including phenoxy) is 2. The SMILES string of the molecule is [CH2]CCC(CCOC(=O)C=C)C(C)(CCOC(=O)C=C)[C](C)C. The Kier molecular flexibility index (Phi) is 10.3. The molecule has 2 radical (unpaired) electrons. The van der Waals surface area contributed by atoms with E-state index in [1.807, 2.05) is 0 Å². The van der Waals surface area contributed by atoms with Gasteiger partial charge in [0.25, 0.3) is 0 Å². The normalized spacial score (nSPS) is 14.7. The fourth-order valence-electron chi connectivity index (χ4n) is 2.67. The molecule has 4 heteroatoms. The van der Waals surface area contributed by atoms with Crippen LogP contribution in [-0.4, -0.2) is 25.2 Å². The van der Waals surface area contributed by atoms with Gasteiger partial charge in [-0.2, -0.15) is 0 Å². The molecule has 0 heterocycles. The van der Waals surface area contributed by atoms with E-state index in [0.29, 0.717) is 19.1 Å². The molecule has 0 saturated carbocycles. The van der Waals surface area contributed by atoms with Crippen LogP contribution in [0.15, 0.2) is 25.3 Å². The molecule has 130 valence electrons. The second kappa shape index (κ2) is 11.0. The molecule has 0 bridgehead atoms. The topological polar surface area (TPSA) is 52.6 Å². The molecule has 0 aliphatic heterocycles. The van der Waals surface area contributed by atoms with Gasteiger partial charge in [0.05, 0.1) is 13.2 Å². The molecule has 0 aromatic rings. The molecular weight excluding hydrogens is 292 g/mol. The summed E-state index contributed by atoms with van der Waals surface area (Å²) in [7, 11) is 0. The monoisotopic (exact) mass is 322 g/mol. The Bertz CT molecular complexity index is 400. The highest BCUT2D eigenvalue weighted by molar-refractivity contribution is 5.81. The van der Waals surface area contributed by atoms with Crippen LogP contribution in [0, 0.1) is 24.2 Å². The Morgan fingerprint density at radius 3 is 2.00 bits per heavy atom. The molecule has 0 saturated heterocycles. The van der Waals surface area contributed by atoms with Crippen molar-refractivity contribution in [2.45, 2.75) is 46.5 Å². The number of rotatable bonds is 12. The second-order valence-corrected chi connectivity index (χ2v) is 6.04. The van der Waals surface area contributed by atoms with E-state index in [9.17, 15) is 9.59 Å². The van der Waals surface area contributed by atoms with E-state index in [1.165, 1.54) is 18.1 Å². The average molecular weight is 322 g/mol. The smallest absolute Gasteiger partial charge is 0.330 e. The van der Waals surface area contributed by atoms with Crippen molar-refractivity contribution in [3.63, 3.8) is 0 Å². The van der Waals surface area contributed by atoms with E-state index in [4.69, 9.17) is 9.47 Å². The summed E-state index contributed by atoms with van der Waals surface area (Å²) in [6, 6.07) is 0. The predicted molar refractivity (Wildman–Crippen MR) is 92.3 cm³/mol. The molecular formula is C19H30O4. The first-order valence-corrected chi connectivity index (χ1v) is 8.00. The number of carbonyl (C=O) groups excluding carboxylic acids is 2. The van der Waals surface area contributed by atoms with Gasteiger partial charge in [0.1, 0.15) is 0 Å². The number of carbonyl (C=O) groups is 2. The third-order valence-corrected chi connectivity index (χ3v) is 4.51. The molecule has 0 aliphatic rings. The molecule has 0 N–H and O–H groups in total. The molecule has 2 unspecified atom stereocenters. The first-order chi connectivity index (χ1) is 10.8. The van der Waals surface area contributed by atoms with Crippen molar-refractivity contribution in [1.82, 2.24) is 0 Å². The fraction of sp³-hybridized carbons (Fsp3) is 0.579. The van der Waals surface area contributed by atoms with Crippen molar-refractivity contribution in [3.05, 3.63) is 38.2 Å². The van der Waals surface area contributed by atoms with Crippen molar-refractivity contribution in [2.75, 3.05) is 13.2 Å². The zero-order chi connectivity index (χ0) is 17.9. The molecule has 2 atom stereocenters. The largest absolute Gasteiger partial charge is 0.463 e. The summed E-state index contributed by atoms with van der Waals surface area (Å²) >= 11 is 0. The summed E-state index contributed by atoms with van der Waals surface area (Å²) in [5.41, 5.74) is -0.111. The lowest BCUT2D eigenvalue weighted by Crippen LogP contribution is -2.34. The van der Waals surface area contributed by atoms with Crippen molar-refractivity contribution in [1.29, 1.82) is 0 Å². The molecule has 0 amide bonds.